The van der Waals surface area contributed by atoms with E-state index in [1.54, 1.807) is 6.20 Å². The number of nitriles is 1. The minimum Gasteiger partial charge on any atom is -0.380 e. The van der Waals surface area contributed by atoms with Gasteiger partial charge >= 0.3 is 0 Å². The first-order chi connectivity index (χ1) is 15.7. The summed E-state index contributed by atoms with van der Waals surface area (Å²) in [6.07, 6.45) is 17.0. The van der Waals surface area contributed by atoms with Crippen molar-refractivity contribution in [1.82, 2.24) is 9.78 Å². The van der Waals surface area contributed by atoms with Gasteiger partial charge in [-0.05, 0) is 98.7 Å². The van der Waals surface area contributed by atoms with Gasteiger partial charge in [0.1, 0.15) is 6.07 Å². The molecule has 7 unspecified atom stereocenters. The largest absolute Gasteiger partial charge is 0.380 e. The lowest BCUT2D eigenvalue weighted by atomic mass is 9.51. The summed E-state index contributed by atoms with van der Waals surface area (Å²) in [5, 5.41) is 13.6. The number of hydrogen-bond donors (Lipinski definition) is 0. The monoisotopic (exact) mass is 437 g/mol. The fraction of sp³-hybridized carbons (Fsp3) is 0.857. The van der Waals surface area contributed by atoms with Crippen LogP contribution >= 0.6 is 0 Å². The van der Waals surface area contributed by atoms with Crippen molar-refractivity contribution in [3.63, 3.8) is 0 Å². The molecule has 4 heteroatoms. The van der Waals surface area contributed by atoms with Crippen molar-refractivity contribution >= 4 is 0 Å². The normalized spacial score (nSPS) is 41.7. The molecular formula is C28H43N3O. The number of hydrogen-bond acceptors (Lipinski definition) is 3. The van der Waals surface area contributed by atoms with Crippen molar-refractivity contribution in [1.29, 1.82) is 5.26 Å². The van der Waals surface area contributed by atoms with Crippen LogP contribution in [-0.2, 0) is 11.3 Å². The molecule has 5 aliphatic rings. The second-order valence-electron chi connectivity index (χ2n) is 11.7. The quantitative estimate of drug-likeness (QED) is 0.556. The Labute approximate surface area is 195 Å². The van der Waals surface area contributed by atoms with E-state index in [-0.39, 0.29) is 5.41 Å². The number of rotatable bonds is 3. The first kappa shape index (κ1) is 22.5. The van der Waals surface area contributed by atoms with Gasteiger partial charge in [0.05, 0.1) is 31.5 Å². The fourth-order valence-corrected chi connectivity index (χ4v) is 9.12. The van der Waals surface area contributed by atoms with E-state index < -0.39 is 0 Å². The Bertz CT molecular complexity index is 821. The zero-order valence-electron chi connectivity index (χ0n) is 20.5. The van der Waals surface area contributed by atoms with Crippen LogP contribution in [0.2, 0.25) is 0 Å². The average Bonchev–Trinajstić information content (AvgIpc) is 3.44. The van der Waals surface area contributed by atoms with Crippen LogP contribution in [0.4, 0.5) is 0 Å². The fourth-order valence-electron chi connectivity index (χ4n) is 9.12. The molecular weight excluding hydrogens is 394 g/mol. The van der Waals surface area contributed by atoms with Crippen LogP contribution in [0.3, 0.4) is 0 Å². The van der Waals surface area contributed by atoms with Crippen molar-refractivity contribution < 1.29 is 4.74 Å². The van der Waals surface area contributed by atoms with Gasteiger partial charge in [-0.2, -0.15) is 10.4 Å². The second-order valence-corrected chi connectivity index (χ2v) is 11.7. The molecule has 1 aromatic heterocycles. The lowest BCUT2D eigenvalue weighted by Crippen LogP contribution is -2.54. The van der Waals surface area contributed by atoms with Crippen LogP contribution in [0, 0.1) is 64.1 Å². The molecule has 4 saturated carbocycles. The maximum absolute atomic E-state index is 9.17. The topological polar surface area (TPSA) is 50.8 Å². The maximum Gasteiger partial charge on any atom is 0.102 e. The highest BCUT2D eigenvalue weighted by Crippen LogP contribution is 2.62. The number of aromatic nitrogens is 2. The third-order valence-corrected chi connectivity index (χ3v) is 10.3. The van der Waals surface area contributed by atoms with Crippen molar-refractivity contribution in [3.05, 3.63) is 18.0 Å². The highest BCUT2D eigenvalue weighted by atomic mass is 16.5. The molecule has 0 radical (unpaired) electrons. The number of ether oxygens (including phenoxy) is 1. The van der Waals surface area contributed by atoms with Crippen LogP contribution in [0.25, 0.3) is 0 Å². The molecule has 0 N–H and O–H groups in total. The molecule has 1 aromatic rings. The molecule has 4 aliphatic carbocycles. The van der Waals surface area contributed by atoms with Crippen LogP contribution in [-0.4, -0.2) is 23.0 Å². The molecule has 32 heavy (non-hydrogen) atoms. The van der Waals surface area contributed by atoms with Gasteiger partial charge in [0.2, 0.25) is 0 Å². The summed E-state index contributed by atoms with van der Waals surface area (Å²) in [4.78, 5) is 0. The molecule has 0 amide bonds. The third kappa shape index (κ3) is 3.73. The summed E-state index contributed by atoms with van der Waals surface area (Å²) in [6, 6.07) is 2.23. The zero-order chi connectivity index (χ0) is 22.3. The van der Waals surface area contributed by atoms with Gasteiger partial charge in [-0.1, -0.05) is 27.2 Å². The summed E-state index contributed by atoms with van der Waals surface area (Å²) < 4.78 is 7.84. The molecule has 0 spiro atoms. The Kier molecular flexibility index (Phi) is 6.41. The molecule has 0 bridgehead atoms. The van der Waals surface area contributed by atoms with Gasteiger partial charge in [-0.15, -0.1) is 0 Å². The van der Waals surface area contributed by atoms with Crippen LogP contribution in [0.1, 0.15) is 84.1 Å². The summed E-state index contributed by atoms with van der Waals surface area (Å²) in [7, 11) is 0. The first-order valence-electron chi connectivity index (χ1n) is 13.7. The highest BCUT2D eigenvalue weighted by Gasteiger charge is 2.57. The number of nitrogens with zero attached hydrogens (tertiary/aromatic N) is 3. The molecule has 8 atom stereocenters. The Balaban J connectivity index is 0.00000105. The van der Waals surface area contributed by atoms with Crippen molar-refractivity contribution in [3.8, 4) is 6.07 Å². The van der Waals surface area contributed by atoms with Crippen molar-refractivity contribution in [2.24, 2.45) is 52.8 Å². The summed E-state index contributed by atoms with van der Waals surface area (Å²) in [5.74, 6) is 7.77. The summed E-state index contributed by atoms with van der Waals surface area (Å²) in [5.41, 5.74) is 0.927. The predicted octanol–water partition coefficient (Wildman–Crippen LogP) is 6.31. The van der Waals surface area contributed by atoms with E-state index in [9.17, 15) is 0 Å². The minimum atomic E-state index is 0.252. The van der Waals surface area contributed by atoms with E-state index in [0.717, 1.165) is 67.1 Å². The van der Waals surface area contributed by atoms with Gasteiger partial charge in [0.25, 0.3) is 0 Å². The van der Waals surface area contributed by atoms with Crippen LogP contribution in [0.5, 0.6) is 0 Å². The Morgan fingerprint density at radius 1 is 0.969 bits per heavy atom. The first-order valence-corrected chi connectivity index (χ1v) is 13.7. The molecule has 1 saturated heterocycles. The highest BCUT2D eigenvalue weighted by molar-refractivity contribution is 5.21. The molecule has 176 valence electrons. The standard InChI is InChI=1S/C26H37N3O.C2H6/c1-17-2-4-20-19(10-17)3-5-22-21(20)6-7-24-23(22)8-9-25(24)26(15-30-16-26)14-29-13-18(11-27)12-28-29;1-2/h12-13,17,19-25H,2-10,14-16H2,1H3;1-2H3/t17?,19?,20?,21?,22?,23-,24?,25?;/m0./s1. The molecule has 0 aromatic carbocycles. The van der Waals surface area contributed by atoms with Gasteiger partial charge in [0, 0.05) is 11.6 Å². The second kappa shape index (κ2) is 9.13. The third-order valence-electron chi connectivity index (χ3n) is 10.3. The Morgan fingerprint density at radius 2 is 1.62 bits per heavy atom. The van der Waals surface area contributed by atoms with E-state index in [4.69, 9.17) is 10.00 Å². The van der Waals surface area contributed by atoms with Crippen molar-refractivity contribution in [2.75, 3.05) is 13.2 Å². The smallest absolute Gasteiger partial charge is 0.102 e. The molecule has 1 aliphatic heterocycles. The SMILES string of the molecule is CC.CC1CCC2C(CCC3C2CCC2C(C4(Cn5cc(C#N)cn5)COC4)CC[C@@H]32)C1. The van der Waals surface area contributed by atoms with Gasteiger partial charge < -0.3 is 4.74 Å². The summed E-state index contributed by atoms with van der Waals surface area (Å²) >= 11 is 0. The van der Waals surface area contributed by atoms with Crippen LogP contribution < -0.4 is 0 Å². The van der Waals surface area contributed by atoms with E-state index >= 15 is 0 Å². The maximum atomic E-state index is 9.17. The number of fused-ring (bicyclic) bond motifs is 5. The zero-order valence-corrected chi connectivity index (χ0v) is 20.5. The minimum absolute atomic E-state index is 0.252. The van der Waals surface area contributed by atoms with E-state index in [0.29, 0.717) is 5.56 Å². The van der Waals surface area contributed by atoms with E-state index in [2.05, 4.69) is 18.1 Å². The van der Waals surface area contributed by atoms with E-state index in [1.807, 2.05) is 24.7 Å². The Hall–Kier alpha value is -1.34. The average molecular weight is 438 g/mol. The van der Waals surface area contributed by atoms with Gasteiger partial charge in [0.15, 0.2) is 0 Å². The summed E-state index contributed by atoms with van der Waals surface area (Å²) in [6.45, 7) is 9.19. The molecule has 6 rings (SSSR count). The van der Waals surface area contributed by atoms with Gasteiger partial charge in [-0.3, -0.25) is 4.68 Å². The predicted molar refractivity (Wildman–Crippen MR) is 127 cm³/mol. The van der Waals surface area contributed by atoms with E-state index in [1.165, 1.54) is 57.8 Å². The molecule has 4 nitrogen and oxygen atoms in total. The molecule has 2 heterocycles. The lowest BCUT2D eigenvalue weighted by Gasteiger charge is -2.55. The lowest BCUT2D eigenvalue weighted by molar-refractivity contribution is -0.171. The van der Waals surface area contributed by atoms with Crippen molar-refractivity contribution in [2.45, 2.75) is 85.1 Å². The van der Waals surface area contributed by atoms with Gasteiger partial charge in [-0.25, -0.2) is 0 Å². The Morgan fingerprint density at radius 3 is 2.34 bits per heavy atom. The van der Waals surface area contributed by atoms with Crippen LogP contribution in [0.15, 0.2) is 12.4 Å². The molecule has 5 fully saturated rings.